The number of rotatable bonds is 2. The Bertz CT molecular complexity index is 468. The molecule has 3 heterocycles. The minimum Gasteiger partial charge on any atom is -0.393 e. The summed E-state index contributed by atoms with van der Waals surface area (Å²) in [7, 11) is 3.54. The fourth-order valence-electron chi connectivity index (χ4n) is 3.26. The minimum absolute atomic E-state index is 0.220. The van der Waals surface area contributed by atoms with Gasteiger partial charge >= 0.3 is 0 Å². The lowest BCUT2D eigenvalue weighted by Crippen LogP contribution is -2.45. The normalized spacial score (nSPS) is 29.7. The molecule has 0 radical (unpaired) electrons. The van der Waals surface area contributed by atoms with E-state index in [4.69, 9.17) is 0 Å². The number of halogens is 1. The van der Waals surface area contributed by atoms with E-state index < -0.39 is 5.82 Å². The van der Waals surface area contributed by atoms with Crippen LogP contribution >= 0.6 is 0 Å². The van der Waals surface area contributed by atoms with Crippen molar-refractivity contribution in [2.24, 2.45) is 0 Å². The maximum atomic E-state index is 13.6. The third-order valence-electron chi connectivity index (χ3n) is 4.08. The highest BCUT2D eigenvalue weighted by atomic mass is 19.1. The lowest BCUT2D eigenvalue weighted by Gasteiger charge is -2.37. The van der Waals surface area contributed by atoms with Crippen molar-refractivity contribution in [3.63, 3.8) is 0 Å². The number of hydrogen-bond donors (Lipinski definition) is 1. The van der Waals surface area contributed by atoms with Gasteiger partial charge in [0.2, 0.25) is 5.95 Å². The first-order chi connectivity index (χ1) is 9.06. The van der Waals surface area contributed by atoms with E-state index in [1.807, 2.05) is 0 Å². The van der Waals surface area contributed by atoms with Crippen molar-refractivity contribution < 1.29 is 9.50 Å². The van der Waals surface area contributed by atoms with Crippen LogP contribution in [0.4, 0.5) is 16.2 Å². The van der Waals surface area contributed by atoms with E-state index in [2.05, 4.69) is 14.9 Å². The summed E-state index contributed by atoms with van der Waals surface area (Å²) < 4.78 is 13.6. The van der Waals surface area contributed by atoms with Crippen LogP contribution in [-0.4, -0.2) is 47.4 Å². The molecule has 1 unspecified atom stereocenters. The average molecular weight is 266 g/mol. The summed E-state index contributed by atoms with van der Waals surface area (Å²) in [6, 6.07) is 0.573. The van der Waals surface area contributed by atoms with Gasteiger partial charge in [-0.3, -0.25) is 0 Å². The van der Waals surface area contributed by atoms with E-state index >= 15 is 0 Å². The monoisotopic (exact) mass is 266 g/mol. The van der Waals surface area contributed by atoms with Crippen LogP contribution in [-0.2, 0) is 0 Å². The highest BCUT2D eigenvalue weighted by Crippen LogP contribution is 2.38. The van der Waals surface area contributed by atoms with Crippen molar-refractivity contribution >= 4 is 11.8 Å². The summed E-state index contributed by atoms with van der Waals surface area (Å²) in [5, 5.41) is 9.81. The number of aliphatic hydroxyl groups excluding tert-OH is 1. The molecule has 3 rings (SSSR count). The number of fused-ring (bicyclic) bond motifs is 2. The second kappa shape index (κ2) is 4.59. The van der Waals surface area contributed by atoms with E-state index in [-0.39, 0.29) is 18.2 Å². The van der Waals surface area contributed by atoms with Gasteiger partial charge in [0.15, 0.2) is 11.6 Å². The molecular weight excluding hydrogens is 247 g/mol. The molecule has 0 amide bonds. The van der Waals surface area contributed by atoms with Crippen LogP contribution in [0.15, 0.2) is 6.20 Å². The Morgan fingerprint density at radius 2 is 1.95 bits per heavy atom. The minimum atomic E-state index is -0.404. The summed E-state index contributed by atoms with van der Waals surface area (Å²) in [5.41, 5.74) is 0. The molecule has 19 heavy (non-hydrogen) atoms. The maximum Gasteiger partial charge on any atom is 0.227 e. The first-order valence-corrected chi connectivity index (χ1v) is 6.72. The van der Waals surface area contributed by atoms with Crippen molar-refractivity contribution in [1.82, 2.24) is 9.97 Å². The molecule has 0 saturated carbocycles. The summed E-state index contributed by atoms with van der Waals surface area (Å²) in [5.74, 6) is 0.498. The maximum absolute atomic E-state index is 13.6. The van der Waals surface area contributed by atoms with Crippen molar-refractivity contribution in [3.05, 3.63) is 12.0 Å². The zero-order valence-corrected chi connectivity index (χ0v) is 11.3. The van der Waals surface area contributed by atoms with Crippen LogP contribution in [0.2, 0.25) is 0 Å². The molecule has 0 aromatic carbocycles. The van der Waals surface area contributed by atoms with Gasteiger partial charge in [-0.2, -0.15) is 4.98 Å². The van der Waals surface area contributed by atoms with Gasteiger partial charge in [-0.05, 0) is 25.7 Å². The van der Waals surface area contributed by atoms with E-state index in [9.17, 15) is 9.50 Å². The van der Waals surface area contributed by atoms with Gasteiger partial charge in [0.1, 0.15) is 0 Å². The fourth-order valence-corrected chi connectivity index (χ4v) is 3.26. The molecule has 3 atom stereocenters. The molecule has 1 aromatic rings. The molecule has 2 saturated heterocycles. The highest BCUT2D eigenvalue weighted by Gasteiger charge is 2.41. The van der Waals surface area contributed by atoms with Gasteiger partial charge in [-0.15, -0.1) is 0 Å². The highest BCUT2D eigenvalue weighted by molar-refractivity contribution is 5.46. The molecule has 1 aromatic heterocycles. The Morgan fingerprint density at radius 1 is 1.32 bits per heavy atom. The molecule has 5 nitrogen and oxygen atoms in total. The molecular formula is C13H19FN4O. The molecule has 0 aliphatic carbocycles. The third-order valence-corrected chi connectivity index (χ3v) is 4.08. The van der Waals surface area contributed by atoms with Crippen LogP contribution < -0.4 is 9.80 Å². The van der Waals surface area contributed by atoms with Gasteiger partial charge in [-0.1, -0.05) is 0 Å². The number of aliphatic hydroxyl groups is 1. The third kappa shape index (κ3) is 2.14. The smallest absolute Gasteiger partial charge is 0.227 e. The first-order valence-electron chi connectivity index (χ1n) is 6.72. The Hall–Kier alpha value is -1.43. The molecule has 1 N–H and O–H groups in total. The number of hydrogen-bond acceptors (Lipinski definition) is 5. The number of anilines is 2. The van der Waals surface area contributed by atoms with Crippen molar-refractivity contribution in [2.45, 2.75) is 43.9 Å². The molecule has 2 fully saturated rings. The van der Waals surface area contributed by atoms with Gasteiger partial charge in [0.25, 0.3) is 0 Å². The van der Waals surface area contributed by atoms with E-state index in [0.29, 0.717) is 11.8 Å². The van der Waals surface area contributed by atoms with Crippen LogP contribution in [0.1, 0.15) is 25.7 Å². The zero-order valence-electron chi connectivity index (χ0n) is 11.3. The number of nitrogens with zero attached hydrogens (tertiary/aromatic N) is 4. The lowest BCUT2D eigenvalue weighted by atomic mass is 10.0. The zero-order chi connectivity index (χ0) is 13.6. The standard InChI is InChI=1S/C13H19FN4O/c1-17(2)12-11(14)7-15-13(16-12)18-8-3-4-9(18)6-10(19)5-8/h7-10,19H,3-6H2,1-2H3/t8-,9+,10?. The molecule has 2 aliphatic rings. The molecule has 2 aliphatic heterocycles. The summed E-state index contributed by atoms with van der Waals surface area (Å²) in [4.78, 5) is 12.3. The molecule has 6 heteroatoms. The lowest BCUT2D eigenvalue weighted by molar-refractivity contribution is 0.125. The van der Waals surface area contributed by atoms with Gasteiger partial charge in [0.05, 0.1) is 12.3 Å². The van der Waals surface area contributed by atoms with Crippen LogP contribution in [0.3, 0.4) is 0 Å². The molecule has 104 valence electrons. The Morgan fingerprint density at radius 3 is 2.53 bits per heavy atom. The van der Waals surface area contributed by atoms with Crippen LogP contribution in [0.5, 0.6) is 0 Å². The second-order valence-corrected chi connectivity index (χ2v) is 5.65. The quantitative estimate of drug-likeness (QED) is 0.871. The molecule has 0 spiro atoms. The van der Waals surface area contributed by atoms with Crippen molar-refractivity contribution in [2.75, 3.05) is 23.9 Å². The Balaban J connectivity index is 1.93. The predicted octanol–water partition coefficient (Wildman–Crippen LogP) is 1.17. The largest absolute Gasteiger partial charge is 0.393 e. The SMILES string of the molecule is CN(C)c1nc(N2[C@@H]3CC[C@H]2CC(O)C3)ncc1F. The summed E-state index contributed by atoms with van der Waals surface area (Å²) in [6.45, 7) is 0. The van der Waals surface area contributed by atoms with Gasteiger partial charge in [-0.25, -0.2) is 9.37 Å². The summed E-state index contributed by atoms with van der Waals surface area (Å²) in [6.07, 6.45) is 4.65. The Labute approximate surface area is 112 Å². The van der Waals surface area contributed by atoms with Crippen molar-refractivity contribution in [3.8, 4) is 0 Å². The number of piperidine rings is 1. The summed E-state index contributed by atoms with van der Waals surface area (Å²) >= 11 is 0. The van der Waals surface area contributed by atoms with Crippen LogP contribution in [0, 0.1) is 5.82 Å². The van der Waals surface area contributed by atoms with Crippen molar-refractivity contribution in [1.29, 1.82) is 0 Å². The van der Waals surface area contributed by atoms with Gasteiger partial charge < -0.3 is 14.9 Å². The fraction of sp³-hybridized carbons (Fsp3) is 0.692. The Kier molecular flexibility index (Phi) is 3.05. The van der Waals surface area contributed by atoms with Gasteiger partial charge in [0, 0.05) is 26.2 Å². The average Bonchev–Trinajstić information content (AvgIpc) is 2.63. The number of aromatic nitrogens is 2. The molecule has 2 bridgehead atoms. The first kappa shape index (κ1) is 12.6. The van der Waals surface area contributed by atoms with E-state index in [1.165, 1.54) is 6.20 Å². The van der Waals surface area contributed by atoms with E-state index in [1.54, 1.807) is 19.0 Å². The predicted molar refractivity (Wildman–Crippen MR) is 70.8 cm³/mol. The topological polar surface area (TPSA) is 52.5 Å². The second-order valence-electron chi connectivity index (χ2n) is 5.65. The van der Waals surface area contributed by atoms with Crippen LogP contribution in [0.25, 0.3) is 0 Å². The van der Waals surface area contributed by atoms with E-state index in [0.717, 1.165) is 25.7 Å².